The summed E-state index contributed by atoms with van der Waals surface area (Å²) >= 11 is 0. The van der Waals surface area contributed by atoms with E-state index in [1.165, 1.54) is 38.5 Å². The monoisotopic (exact) mass is 288 g/mol. The molecule has 21 heavy (non-hydrogen) atoms. The fourth-order valence-corrected chi connectivity index (χ4v) is 3.87. The van der Waals surface area contributed by atoms with Crippen molar-refractivity contribution in [2.45, 2.75) is 64.5 Å². The Morgan fingerprint density at radius 2 is 1.81 bits per heavy atom. The highest BCUT2D eigenvalue weighted by molar-refractivity contribution is 5.29. The van der Waals surface area contributed by atoms with E-state index < -0.39 is 0 Å². The lowest BCUT2D eigenvalue weighted by atomic mass is 9.75. The fraction of sp³-hybridized carbons (Fsp3) is 0.765. The molecule has 1 aliphatic heterocycles. The molecule has 4 heteroatoms. The van der Waals surface area contributed by atoms with Gasteiger partial charge in [0.05, 0.1) is 0 Å². The van der Waals surface area contributed by atoms with Crippen LogP contribution in [0.1, 0.15) is 52.4 Å². The van der Waals surface area contributed by atoms with Crippen LogP contribution in [0, 0.1) is 5.41 Å². The predicted molar refractivity (Wildman–Crippen MR) is 86.4 cm³/mol. The molecule has 4 nitrogen and oxygen atoms in total. The van der Waals surface area contributed by atoms with Crippen LogP contribution < -0.4 is 10.2 Å². The van der Waals surface area contributed by atoms with Gasteiger partial charge in [0.1, 0.15) is 0 Å². The van der Waals surface area contributed by atoms with Crippen molar-refractivity contribution in [2.24, 2.45) is 5.41 Å². The Balaban J connectivity index is 1.48. The summed E-state index contributed by atoms with van der Waals surface area (Å²) in [6, 6.07) is 3.27. The molecule has 1 unspecified atom stereocenters. The molecule has 1 aromatic heterocycles. The summed E-state index contributed by atoms with van der Waals surface area (Å²) in [7, 11) is 0. The molecule has 1 saturated carbocycles. The van der Waals surface area contributed by atoms with Crippen LogP contribution in [0.25, 0.3) is 0 Å². The second-order valence-corrected chi connectivity index (χ2v) is 7.43. The quantitative estimate of drug-likeness (QED) is 0.928. The third-order valence-electron chi connectivity index (χ3n) is 5.01. The van der Waals surface area contributed by atoms with Crippen molar-refractivity contribution in [3.8, 4) is 0 Å². The zero-order valence-electron chi connectivity index (χ0n) is 13.4. The Hall–Kier alpha value is -1.16. The van der Waals surface area contributed by atoms with E-state index in [1.807, 2.05) is 18.5 Å². The second-order valence-electron chi connectivity index (χ2n) is 7.43. The van der Waals surface area contributed by atoms with Crippen LogP contribution in [-0.2, 0) is 0 Å². The van der Waals surface area contributed by atoms with Gasteiger partial charge in [0, 0.05) is 37.6 Å². The van der Waals surface area contributed by atoms with E-state index >= 15 is 0 Å². The minimum atomic E-state index is 0.522. The third kappa shape index (κ3) is 3.94. The van der Waals surface area contributed by atoms with Crippen molar-refractivity contribution in [3.63, 3.8) is 0 Å². The molecular formula is C17H28N4. The zero-order valence-corrected chi connectivity index (χ0v) is 13.4. The van der Waals surface area contributed by atoms with Crippen LogP contribution in [0.5, 0.6) is 0 Å². The first-order valence-electron chi connectivity index (χ1n) is 8.40. The topological polar surface area (TPSA) is 41.0 Å². The maximum atomic E-state index is 4.36. The van der Waals surface area contributed by atoms with Crippen molar-refractivity contribution < 1.29 is 0 Å². The second kappa shape index (κ2) is 6.30. The smallest absolute Gasteiger partial charge is 0.225 e. The summed E-state index contributed by atoms with van der Waals surface area (Å²) < 4.78 is 0. The molecule has 0 radical (unpaired) electrons. The average molecular weight is 288 g/mol. The zero-order chi connectivity index (χ0) is 14.7. The standard InChI is InChI=1S/C17H28N4/c1-17(2)8-3-5-15(13-17)20-14-6-11-21(12-7-14)16-18-9-4-10-19-16/h4,9-10,14-15,20H,3,5-8,11-13H2,1-2H3. The molecule has 1 N–H and O–H groups in total. The van der Waals surface area contributed by atoms with Crippen LogP contribution in [0.15, 0.2) is 18.5 Å². The van der Waals surface area contributed by atoms with Gasteiger partial charge in [-0.3, -0.25) is 0 Å². The minimum absolute atomic E-state index is 0.522. The van der Waals surface area contributed by atoms with Gasteiger partial charge in [-0.2, -0.15) is 0 Å². The Kier molecular flexibility index (Phi) is 4.43. The number of aromatic nitrogens is 2. The number of hydrogen-bond donors (Lipinski definition) is 1. The van der Waals surface area contributed by atoms with Gasteiger partial charge in [0.2, 0.25) is 5.95 Å². The Morgan fingerprint density at radius 3 is 2.48 bits per heavy atom. The first-order valence-corrected chi connectivity index (χ1v) is 8.40. The predicted octanol–water partition coefficient (Wildman–Crippen LogP) is 3.00. The lowest BCUT2D eigenvalue weighted by molar-refractivity contribution is 0.183. The first kappa shape index (κ1) is 14.8. The van der Waals surface area contributed by atoms with E-state index in [9.17, 15) is 0 Å². The van der Waals surface area contributed by atoms with Crippen LogP contribution in [0.4, 0.5) is 5.95 Å². The summed E-state index contributed by atoms with van der Waals surface area (Å²) in [5, 5.41) is 3.92. The molecule has 1 saturated heterocycles. The number of piperidine rings is 1. The summed E-state index contributed by atoms with van der Waals surface area (Å²) in [4.78, 5) is 11.0. The summed E-state index contributed by atoms with van der Waals surface area (Å²) in [5.41, 5.74) is 0.522. The van der Waals surface area contributed by atoms with E-state index in [0.29, 0.717) is 11.5 Å². The van der Waals surface area contributed by atoms with Crippen LogP contribution in [-0.4, -0.2) is 35.1 Å². The number of nitrogens with one attached hydrogen (secondary N) is 1. The van der Waals surface area contributed by atoms with Crippen LogP contribution >= 0.6 is 0 Å². The number of hydrogen-bond acceptors (Lipinski definition) is 4. The van der Waals surface area contributed by atoms with Crippen molar-refractivity contribution >= 4 is 5.95 Å². The molecule has 0 amide bonds. The van der Waals surface area contributed by atoms with Crippen LogP contribution in [0.2, 0.25) is 0 Å². The highest BCUT2D eigenvalue weighted by Crippen LogP contribution is 2.35. The first-order chi connectivity index (χ1) is 10.1. The van der Waals surface area contributed by atoms with Gasteiger partial charge in [0.25, 0.3) is 0 Å². The van der Waals surface area contributed by atoms with Gasteiger partial charge >= 0.3 is 0 Å². The largest absolute Gasteiger partial charge is 0.341 e. The van der Waals surface area contributed by atoms with Gasteiger partial charge in [-0.1, -0.05) is 20.3 Å². The molecule has 1 atom stereocenters. The molecule has 116 valence electrons. The molecule has 2 heterocycles. The third-order valence-corrected chi connectivity index (χ3v) is 5.01. The van der Waals surface area contributed by atoms with E-state index in [1.54, 1.807) is 0 Å². The van der Waals surface area contributed by atoms with Gasteiger partial charge < -0.3 is 10.2 Å². The average Bonchev–Trinajstić information content (AvgIpc) is 2.48. The molecule has 3 rings (SSSR count). The SMILES string of the molecule is CC1(C)CCCC(NC2CCN(c3ncccn3)CC2)C1. The fourth-order valence-electron chi connectivity index (χ4n) is 3.87. The van der Waals surface area contributed by atoms with Crippen molar-refractivity contribution in [1.82, 2.24) is 15.3 Å². The van der Waals surface area contributed by atoms with Gasteiger partial charge in [-0.05, 0) is 43.6 Å². The Labute approximate surface area is 128 Å². The van der Waals surface area contributed by atoms with E-state index in [2.05, 4.69) is 34.0 Å². The maximum absolute atomic E-state index is 4.36. The summed E-state index contributed by atoms with van der Waals surface area (Å²) in [6.07, 6.45) is 11.5. The lowest BCUT2D eigenvalue weighted by Gasteiger charge is -2.39. The van der Waals surface area contributed by atoms with Crippen molar-refractivity contribution in [1.29, 1.82) is 0 Å². The minimum Gasteiger partial charge on any atom is -0.341 e. The Bertz CT molecular complexity index is 437. The highest BCUT2D eigenvalue weighted by Gasteiger charge is 2.30. The molecule has 2 fully saturated rings. The maximum Gasteiger partial charge on any atom is 0.225 e. The molecular weight excluding hydrogens is 260 g/mol. The normalized spacial score (nSPS) is 26.8. The lowest BCUT2D eigenvalue weighted by Crippen LogP contribution is -2.48. The van der Waals surface area contributed by atoms with E-state index in [0.717, 1.165) is 25.1 Å². The number of anilines is 1. The van der Waals surface area contributed by atoms with Crippen molar-refractivity contribution in [2.75, 3.05) is 18.0 Å². The highest BCUT2D eigenvalue weighted by atomic mass is 15.3. The van der Waals surface area contributed by atoms with Gasteiger partial charge in [-0.15, -0.1) is 0 Å². The molecule has 1 aromatic rings. The van der Waals surface area contributed by atoms with E-state index in [-0.39, 0.29) is 0 Å². The summed E-state index contributed by atoms with van der Waals surface area (Å²) in [5.74, 6) is 0.884. The molecule has 2 aliphatic rings. The van der Waals surface area contributed by atoms with Crippen LogP contribution in [0.3, 0.4) is 0 Å². The molecule has 0 aromatic carbocycles. The Morgan fingerprint density at radius 1 is 1.10 bits per heavy atom. The summed E-state index contributed by atoms with van der Waals surface area (Å²) in [6.45, 7) is 6.96. The van der Waals surface area contributed by atoms with Gasteiger partial charge in [-0.25, -0.2) is 9.97 Å². The number of rotatable bonds is 3. The van der Waals surface area contributed by atoms with Gasteiger partial charge in [0.15, 0.2) is 0 Å². The molecule has 0 bridgehead atoms. The van der Waals surface area contributed by atoms with E-state index in [4.69, 9.17) is 0 Å². The number of nitrogens with zero attached hydrogens (tertiary/aromatic N) is 3. The van der Waals surface area contributed by atoms with Crippen molar-refractivity contribution in [3.05, 3.63) is 18.5 Å². The molecule has 1 aliphatic carbocycles. The molecule has 0 spiro atoms.